The van der Waals surface area contributed by atoms with Crippen LogP contribution in [0, 0.1) is 0 Å². The Morgan fingerprint density at radius 1 is 1.55 bits per heavy atom. The van der Waals surface area contributed by atoms with Crippen molar-refractivity contribution in [1.82, 2.24) is 15.1 Å². The van der Waals surface area contributed by atoms with Crippen LogP contribution in [-0.2, 0) is 4.79 Å². The minimum absolute atomic E-state index is 0.0319. The summed E-state index contributed by atoms with van der Waals surface area (Å²) in [7, 11) is 0. The van der Waals surface area contributed by atoms with Gasteiger partial charge in [0.05, 0.1) is 5.92 Å². The van der Waals surface area contributed by atoms with Gasteiger partial charge in [0.1, 0.15) is 0 Å². The number of H-pyrrole nitrogens is 1. The summed E-state index contributed by atoms with van der Waals surface area (Å²) in [5.74, 6) is 0.609. The van der Waals surface area contributed by atoms with E-state index in [0.29, 0.717) is 5.92 Å². The van der Waals surface area contributed by atoms with Crippen LogP contribution in [0.1, 0.15) is 42.2 Å². The summed E-state index contributed by atoms with van der Waals surface area (Å²) in [4.78, 5) is 15.8. The van der Waals surface area contributed by atoms with Gasteiger partial charge < -0.3 is 4.90 Å². The number of hydrogen-bond donors (Lipinski definition) is 1. The van der Waals surface area contributed by atoms with E-state index in [1.807, 2.05) is 35.4 Å². The summed E-state index contributed by atoms with van der Waals surface area (Å²) in [5.41, 5.74) is 1.14. The second-order valence-corrected chi connectivity index (χ2v) is 6.35. The van der Waals surface area contributed by atoms with Gasteiger partial charge in [-0.05, 0) is 37.3 Å². The highest BCUT2D eigenvalue weighted by Crippen LogP contribution is 2.29. The van der Waals surface area contributed by atoms with Crippen LogP contribution in [-0.4, -0.2) is 34.1 Å². The van der Waals surface area contributed by atoms with Crippen molar-refractivity contribution in [2.75, 3.05) is 13.1 Å². The average Bonchev–Trinajstić information content (AvgIpc) is 3.18. The van der Waals surface area contributed by atoms with E-state index in [0.717, 1.165) is 36.5 Å². The molecule has 1 amide bonds. The second-order valence-electron chi connectivity index (χ2n) is 5.37. The summed E-state index contributed by atoms with van der Waals surface area (Å²) in [6.45, 7) is 3.68. The number of piperidine rings is 1. The lowest BCUT2D eigenvalue weighted by molar-refractivity contribution is -0.133. The van der Waals surface area contributed by atoms with E-state index in [9.17, 15) is 4.79 Å². The maximum atomic E-state index is 12.6. The van der Waals surface area contributed by atoms with Gasteiger partial charge in [0.2, 0.25) is 5.91 Å². The number of nitrogens with zero attached hydrogens (tertiary/aromatic N) is 2. The van der Waals surface area contributed by atoms with Crippen LogP contribution >= 0.6 is 11.3 Å². The quantitative estimate of drug-likeness (QED) is 0.944. The Morgan fingerprint density at radius 3 is 3.15 bits per heavy atom. The molecule has 0 saturated carbocycles. The molecule has 3 rings (SSSR count). The first-order chi connectivity index (χ1) is 9.75. The molecule has 1 saturated heterocycles. The summed E-state index contributed by atoms with van der Waals surface area (Å²) in [6.07, 6.45) is 3.97. The van der Waals surface area contributed by atoms with Gasteiger partial charge in [-0.2, -0.15) is 5.10 Å². The van der Waals surface area contributed by atoms with E-state index >= 15 is 0 Å². The molecule has 2 aromatic rings. The molecule has 5 heteroatoms. The Kier molecular flexibility index (Phi) is 3.87. The monoisotopic (exact) mass is 289 g/mol. The highest BCUT2D eigenvalue weighted by molar-refractivity contribution is 7.10. The summed E-state index contributed by atoms with van der Waals surface area (Å²) in [6, 6.07) is 6.07. The largest absolute Gasteiger partial charge is 0.341 e. The molecule has 4 nitrogen and oxygen atoms in total. The number of nitrogens with one attached hydrogen (secondary N) is 1. The van der Waals surface area contributed by atoms with Crippen molar-refractivity contribution in [2.45, 2.75) is 31.6 Å². The molecular weight excluding hydrogens is 270 g/mol. The minimum Gasteiger partial charge on any atom is -0.341 e. The summed E-state index contributed by atoms with van der Waals surface area (Å²) in [5, 5.41) is 9.08. The van der Waals surface area contributed by atoms with Gasteiger partial charge in [-0.25, -0.2) is 0 Å². The van der Waals surface area contributed by atoms with Gasteiger partial charge in [-0.1, -0.05) is 6.07 Å². The Bertz CT molecular complexity index is 550. The minimum atomic E-state index is -0.0319. The molecule has 1 aliphatic heterocycles. The van der Waals surface area contributed by atoms with Crippen LogP contribution in [0.25, 0.3) is 0 Å². The van der Waals surface area contributed by atoms with Gasteiger partial charge in [-0.3, -0.25) is 9.89 Å². The van der Waals surface area contributed by atoms with Gasteiger partial charge in [0.15, 0.2) is 0 Å². The van der Waals surface area contributed by atoms with E-state index < -0.39 is 0 Å². The van der Waals surface area contributed by atoms with Crippen LogP contribution in [0.3, 0.4) is 0 Å². The average molecular weight is 289 g/mol. The lowest BCUT2D eigenvalue weighted by Gasteiger charge is -2.33. The zero-order chi connectivity index (χ0) is 13.9. The van der Waals surface area contributed by atoms with E-state index in [1.54, 1.807) is 17.5 Å². The number of likely N-dealkylation sites (tertiary alicyclic amines) is 1. The van der Waals surface area contributed by atoms with Crippen molar-refractivity contribution in [3.63, 3.8) is 0 Å². The van der Waals surface area contributed by atoms with Crippen molar-refractivity contribution in [3.05, 3.63) is 40.3 Å². The first kappa shape index (κ1) is 13.4. The third kappa shape index (κ3) is 2.63. The molecule has 0 aliphatic carbocycles. The van der Waals surface area contributed by atoms with Crippen LogP contribution in [0.2, 0.25) is 0 Å². The summed E-state index contributed by atoms with van der Waals surface area (Å²) >= 11 is 1.66. The standard InChI is InChI=1S/C15H19N3OS/c1-11(14-5-3-9-20-14)15(19)18-8-2-4-12(10-18)13-6-7-16-17-13/h3,5-7,9,11-12H,2,4,8,10H2,1H3,(H,16,17)/t11-,12-/m0/s1. The molecule has 0 aromatic carbocycles. The predicted octanol–water partition coefficient (Wildman–Crippen LogP) is 2.98. The van der Waals surface area contributed by atoms with Crippen molar-refractivity contribution in [3.8, 4) is 0 Å². The number of hydrogen-bond acceptors (Lipinski definition) is 3. The summed E-state index contributed by atoms with van der Waals surface area (Å²) < 4.78 is 0. The Morgan fingerprint density at radius 2 is 2.45 bits per heavy atom. The topological polar surface area (TPSA) is 49.0 Å². The highest BCUT2D eigenvalue weighted by Gasteiger charge is 2.29. The van der Waals surface area contributed by atoms with Crippen molar-refractivity contribution >= 4 is 17.2 Å². The molecule has 106 valence electrons. The molecule has 2 atom stereocenters. The van der Waals surface area contributed by atoms with Gasteiger partial charge >= 0.3 is 0 Å². The molecule has 1 fully saturated rings. The van der Waals surface area contributed by atoms with E-state index in [-0.39, 0.29) is 11.8 Å². The maximum absolute atomic E-state index is 12.6. The van der Waals surface area contributed by atoms with Gasteiger partial charge in [-0.15, -0.1) is 11.3 Å². The fourth-order valence-electron chi connectivity index (χ4n) is 2.86. The number of amides is 1. The van der Waals surface area contributed by atoms with Crippen molar-refractivity contribution < 1.29 is 4.79 Å². The van der Waals surface area contributed by atoms with E-state index in [2.05, 4.69) is 10.2 Å². The fraction of sp³-hybridized carbons (Fsp3) is 0.467. The number of aromatic nitrogens is 2. The first-order valence-corrected chi connectivity index (χ1v) is 7.95. The third-order valence-corrected chi connectivity index (χ3v) is 5.09. The molecular formula is C15H19N3OS. The fourth-order valence-corrected chi connectivity index (χ4v) is 3.63. The molecule has 1 aliphatic rings. The second kappa shape index (κ2) is 5.79. The normalized spacial score (nSPS) is 20.9. The lowest BCUT2D eigenvalue weighted by atomic mass is 9.94. The Labute approximate surface area is 122 Å². The zero-order valence-corrected chi connectivity index (χ0v) is 12.4. The molecule has 1 N–H and O–H groups in total. The first-order valence-electron chi connectivity index (χ1n) is 7.07. The molecule has 0 radical (unpaired) electrons. The predicted molar refractivity (Wildman–Crippen MR) is 79.9 cm³/mol. The smallest absolute Gasteiger partial charge is 0.230 e. The van der Waals surface area contributed by atoms with E-state index in [4.69, 9.17) is 0 Å². The third-order valence-electron chi connectivity index (χ3n) is 4.04. The van der Waals surface area contributed by atoms with Crippen LogP contribution in [0.15, 0.2) is 29.8 Å². The Hall–Kier alpha value is -1.62. The van der Waals surface area contributed by atoms with Crippen LogP contribution in [0.5, 0.6) is 0 Å². The molecule has 3 heterocycles. The molecule has 0 spiro atoms. The maximum Gasteiger partial charge on any atom is 0.230 e. The molecule has 0 bridgehead atoms. The zero-order valence-electron chi connectivity index (χ0n) is 11.6. The number of aromatic amines is 1. The van der Waals surface area contributed by atoms with Gasteiger partial charge in [0, 0.05) is 35.8 Å². The molecule has 2 aromatic heterocycles. The number of thiophene rings is 1. The van der Waals surface area contributed by atoms with E-state index in [1.165, 1.54) is 0 Å². The number of rotatable bonds is 3. The molecule has 20 heavy (non-hydrogen) atoms. The Balaban J connectivity index is 1.69. The van der Waals surface area contributed by atoms with Crippen molar-refractivity contribution in [2.24, 2.45) is 0 Å². The number of carbonyl (C=O) groups is 1. The number of carbonyl (C=O) groups excluding carboxylic acids is 1. The molecule has 0 unspecified atom stereocenters. The lowest BCUT2D eigenvalue weighted by Crippen LogP contribution is -2.41. The SMILES string of the molecule is C[C@H](C(=O)N1CCC[C@H](c2ccn[nH]2)C1)c1cccs1. The van der Waals surface area contributed by atoms with Crippen LogP contribution in [0.4, 0.5) is 0 Å². The van der Waals surface area contributed by atoms with Crippen LogP contribution < -0.4 is 0 Å². The van der Waals surface area contributed by atoms with Crippen molar-refractivity contribution in [1.29, 1.82) is 0 Å². The van der Waals surface area contributed by atoms with Gasteiger partial charge in [0.25, 0.3) is 0 Å². The highest BCUT2D eigenvalue weighted by atomic mass is 32.1.